The highest BCUT2D eigenvalue weighted by molar-refractivity contribution is 5.74. The van der Waals surface area contributed by atoms with Gasteiger partial charge in [-0.15, -0.1) is 0 Å². The number of nitrogens with two attached hydrogens (primary N) is 1. The summed E-state index contributed by atoms with van der Waals surface area (Å²) in [5, 5.41) is 3.52. The van der Waals surface area contributed by atoms with Gasteiger partial charge in [-0.1, -0.05) is 19.1 Å². The number of nitrogens with zero attached hydrogens (tertiary/aromatic N) is 1. The number of carbonyl (C=O) groups is 1. The zero-order valence-corrected chi connectivity index (χ0v) is 12.5. The van der Waals surface area contributed by atoms with Crippen LogP contribution in [0.4, 0.5) is 5.69 Å². The van der Waals surface area contributed by atoms with Gasteiger partial charge < -0.3 is 16.0 Å². The van der Waals surface area contributed by atoms with E-state index in [0.29, 0.717) is 12.5 Å². The van der Waals surface area contributed by atoms with Crippen LogP contribution in [-0.4, -0.2) is 25.5 Å². The van der Waals surface area contributed by atoms with E-state index < -0.39 is 0 Å². The molecular formula is C16H25N3O. The molecule has 110 valence electrons. The normalized spacial score (nSPS) is 15.2. The molecule has 1 unspecified atom stereocenters. The molecule has 1 aliphatic rings. The molecule has 2 rings (SSSR count). The predicted molar refractivity (Wildman–Crippen MR) is 82.9 cm³/mol. The smallest absolute Gasteiger partial charge is 0.219 e. The SMILES string of the molecule is CCCNC(C)c1ccc2c(c1)CCN2CCC(N)=O. The molecule has 0 radical (unpaired) electrons. The Morgan fingerprint density at radius 1 is 1.50 bits per heavy atom. The summed E-state index contributed by atoms with van der Waals surface area (Å²) in [6, 6.07) is 7.06. The van der Waals surface area contributed by atoms with Crippen LogP contribution in [0.2, 0.25) is 0 Å². The highest BCUT2D eigenvalue weighted by atomic mass is 16.1. The van der Waals surface area contributed by atoms with Gasteiger partial charge in [0, 0.05) is 31.2 Å². The third-order valence-electron chi connectivity index (χ3n) is 3.92. The summed E-state index contributed by atoms with van der Waals surface area (Å²) >= 11 is 0. The van der Waals surface area contributed by atoms with E-state index in [-0.39, 0.29) is 5.91 Å². The van der Waals surface area contributed by atoms with E-state index in [1.165, 1.54) is 16.8 Å². The molecule has 0 saturated carbocycles. The molecule has 4 nitrogen and oxygen atoms in total. The topological polar surface area (TPSA) is 58.4 Å². The van der Waals surface area contributed by atoms with Gasteiger partial charge >= 0.3 is 0 Å². The molecule has 0 spiro atoms. The first-order chi connectivity index (χ1) is 9.61. The lowest BCUT2D eigenvalue weighted by Crippen LogP contribution is -2.26. The highest BCUT2D eigenvalue weighted by Crippen LogP contribution is 2.30. The van der Waals surface area contributed by atoms with Crippen molar-refractivity contribution in [2.45, 2.75) is 39.2 Å². The fourth-order valence-electron chi connectivity index (χ4n) is 2.72. The third-order valence-corrected chi connectivity index (χ3v) is 3.92. The van der Waals surface area contributed by atoms with E-state index in [9.17, 15) is 4.79 Å². The molecule has 1 aromatic carbocycles. The van der Waals surface area contributed by atoms with Gasteiger partial charge in [-0.2, -0.15) is 0 Å². The van der Waals surface area contributed by atoms with Crippen LogP contribution in [0.1, 0.15) is 43.9 Å². The number of nitrogens with one attached hydrogen (secondary N) is 1. The van der Waals surface area contributed by atoms with Gasteiger partial charge in [-0.05, 0) is 43.5 Å². The van der Waals surface area contributed by atoms with Gasteiger partial charge in [0.25, 0.3) is 0 Å². The van der Waals surface area contributed by atoms with Crippen LogP contribution in [0.15, 0.2) is 18.2 Å². The van der Waals surface area contributed by atoms with Gasteiger partial charge in [0.2, 0.25) is 5.91 Å². The second kappa shape index (κ2) is 6.75. The Hall–Kier alpha value is -1.55. The van der Waals surface area contributed by atoms with Crippen LogP contribution >= 0.6 is 0 Å². The quantitative estimate of drug-likeness (QED) is 0.800. The largest absolute Gasteiger partial charge is 0.370 e. The molecule has 0 aromatic heterocycles. The fourth-order valence-corrected chi connectivity index (χ4v) is 2.72. The first kappa shape index (κ1) is 14.9. The minimum absolute atomic E-state index is 0.229. The number of hydrogen-bond donors (Lipinski definition) is 2. The van der Waals surface area contributed by atoms with E-state index in [4.69, 9.17) is 5.73 Å². The van der Waals surface area contributed by atoms with Crippen LogP contribution in [-0.2, 0) is 11.2 Å². The van der Waals surface area contributed by atoms with Crippen molar-refractivity contribution in [2.24, 2.45) is 5.73 Å². The summed E-state index contributed by atoms with van der Waals surface area (Å²) in [5.74, 6) is -0.229. The average molecular weight is 275 g/mol. The summed E-state index contributed by atoms with van der Waals surface area (Å²) in [5.41, 5.74) is 9.22. The lowest BCUT2D eigenvalue weighted by molar-refractivity contribution is -0.117. The molecule has 20 heavy (non-hydrogen) atoms. The molecule has 0 bridgehead atoms. The van der Waals surface area contributed by atoms with Crippen LogP contribution < -0.4 is 16.0 Å². The molecule has 1 aliphatic heterocycles. The van der Waals surface area contributed by atoms with Gasteiger partial charge in [0.05, 0.1) is 0 Å². The molecule has 1 amide bonds. The average Bonchev–Trinajstić information content (AvgIpc) is 2.84. The van der Waals surface area contributed by atoms with Crippen molar-refractivity contribution < 1.29 is 4.79 Å². The summed E-state index contributed by atoms with van der Waals surface area (Å²) in [7, 11) is 0. The number of benzene rings is 1. The molecule has 1 aromatic rings. The van der Waals surface area contributed by atoms with E-state index in [1.807, 2.05) is 0 Å². The van der Waals surface area contributed by atoms with E-state index >= 15 is 0 Å². The number of fused-ring (bicyclic) bond motifs is 1. The Morgan fingerprint density at radius 3 is 3.00 bits per heavy atom. The van der Waals surface area contributed by atoms with Crippen LogP contribution in [0.3, 0.4) is 0 Å². The van der Waals surface area contributed by atoms with Crippen molar-refractivity contribution in [3.63, 3.8) is 0 Å². The zero-order valence-electron chi connectivity index (χ0n) is 12.5. The summed E-state index contributed by atoms with van der Waals surface area (Å²) in [6.07, 6.45) is 2.63. The molecule has 1 heterocycles. The zero-order chi connectivity index (χ0) is 14.5. The molecule has 4 heteroatoms. The Kier molecular flexibility index (Phi) is 5.01. The monoisotopic (exact) mass is 275 g/mol. The Morgan fingerprint density at radius 2 is 2.30 bits per heavy atom. The molecule has 0 aliphatic carbocycles. The molecule has 3 N–H and O–H groups in total. The second-order valence-corrected chi connectivity index (χ2v) is 5.52. The maximum atomic E-state index is 10.9. The summed E-state index contributed by atoms with van der Waals surface area (Å²) in [6.45, 7) is 7.15. The van der Waals surface area contributed by atoms with Crippen LogP contribution in [0.5, 0.6) is 0 Å². The van der Waals surface area contributed by atoms with E-state index in [1.54, 1.807) is 0 Å². The number of hydrogen-bond acceptors (Lipinski definition) is 3. The van der Waals surface area contributed by atoms with Gasteiger partial charge in [0.1, 0.15) is 0 Å². The van der Waals surface area contributed by atoms with Crippen molar-refractivity contribution in [3.05, 3.63) is 29.3 Å². The fraction of sp³-hybridized carbons (Fsp3) is 0.562. The number of carbonyl (C=O) groups excluding carboxylic acids is 1. The van der Waals surface area contributed by atoms with E-state index in [0.717, 1.165) is 32.5 Å². The highest BCUT2D eigenvalue weighted by Gasteiger charge is 2.20. The van der Waals surface area contributed by atoms with Crippen molar-refractivity contribution in [3.8, 4) is 0 Å². The standard InChI is InChI=1S/C16H25N3O/c1-3-8-18-12(2)13-4-5-15-14(11-13)6-9-19(15)10-7-16(17)20/h4-5,11-12,18H,3,6-10H2,1-2H3,(H2,17,20). The van der Waals surface area contributed by atoms with Gasteiger partial charge in [-0.25, -0.2) is 0 Å². The maximum Gasteiger partial charge on any atom is 0.219 e. The lowest BCUT2D eigenvalue weighted by Gasteiger charge is -2.20. The maximum absolute atomic E-state index is 10.9. The Balaban J connectivity index is 2.04. The Bertz CT molecular complexity index is 473. The minimum Gasteiger partial charge on any atom is -0.370 e. The third kappa shape index (κ3) is 3.51. The number of amides is 1. The lowest BCUT2D eigenvalue weighted by atomic mass is 10.0. The molecule has 0 fully saturated rings. The van der Waals surface area contributed by atoms with Gasteiger partial charge in [-0.3, -0.25) is 4.79 Å². The number of rotatable bonds is 7. The van der Waals surface area contributed by atoms with Gasteiger partial charge in [0.15, 0.2) is 0 Å². The minimum atomic E-state index is -0.229. The van der Waals surface area contributed by atoms with Crippen molar-refractivity contribution in [1.82, 2.24) is 5.32 Å². The Labute approximate surface area is 121 Å². The van der Waals surface area contributed by atoms with E-state index in [2.05, 4.69) is 42.3 Å². The summed E-state index contributed by atoms with van der Waals surface area (Å²) < 4.78 is 0. The first-order valence-electron chi connectivity index (χ1n) is 7.51. The van der Waals surface area contributed by atoms with Crippen molar-refractivity contribution in [2.75, 3.05) is 24.5 Å². The first-order valence-corrected chi connectivity index (χ1v) is 7.51. The molecular weight excluding hydrogens is 250 g/mol. The van der Waals surface area contributed by atoms with Crippen molar-refractivity contribution in [1.29, 1.82) is 0 Å². The molecule has 1 atom stereocenters. The molecule has 0 saturated heterocycles. The van der Waals surface area contributed by atoms with Crippen LogP contribution in [0.25, 0.3) is 0 Å². The van der Waals surface area contributed by atoms with Crippen LogP contribution in [0, 0.1) is 0 Å². The summed E-state index contributed by atoms with van der Waals surface area (Å²) in [4.78, 5) is 13.2. The predicted octanol–water partition coefficient (Wildman–Crippen LogP) is 1.99. The number of primary amides is 1. The van der Waals surface area contributed by atoms with Crippen molar-refractivity contribution >= 4 is 11.6 Å². The second-order valence-electron chi connectivity index (χ2n) is 5.52. The number of anilines is 1.